The Morgan fingerprint density at radius 1 is 0.955 bits per heavy atom. The Balaban J connectivity index is 3.11. The van der Waals surface area contributed by atoms with Gasteiger partial charge in [0.1, 0.15) is 0 Å². The predicted octanol–water partition coefficient (Wildman–Crippen LogP) is 6.91. The second-order valence-electron chi connectivity index (χ2n) is 8.39. The molecule has 1 rings (SSSR count). The Labute approximate surface area is 145 Å². The van der Waals surface area contributed by atoms with Crippen molar-refractivity contribution in [3.8, 4) is 11.3 Å². The molecule has 0 saturated carbocycles. The van der Waals surface area contributed by atoms with Crippen LogP contribution in [0.5, 0.6) is 0 Å². The molecule has 0 N–H and O–H groups in total. The first-order chi connectivity index (χ1) is 9.93. The van der Waals surface area contributed by atoms with E-state index in [4.69, 9.17) is 0 Å². The minimum atomic E-state index is -1.04. The molecule has 0 radical (unpaired) electrons. The van der Waals surface area contributed by atoms with Crippen molar-refractivity contribution in [3.63, 3.8) is 0 Å². The molecule has 0 aromatic carbocycles. The third kappa shape index (κ3) is 7.30. The van der Waals surface area contributed by atoms with Gasteiger partial charge in [-0.2, -0.15) is 0 Å². The molecule has 0 bridgehead atoms. The lowest BCUT2D eigenvalue weighted by Crippen LogP contribution is -2.21. The molecule has 0 amide bonds. The first-order valence-electron chi connectivity index (χ1n) is 8.23. The molecular formula is C17H37P5+2. The SMILES string of the molecule is CC(C)C1C[P+](C)(C)C#CP(C)CP(C)CP(C)[P+](C)(C)C1. The molecule has 0 saturated heterocycles. The minimum absolute atomic E-state index is 0.0438. The molecule has 1 heterocycles. The number of rotatable bonds is 1. The molecule has 128 valence electrons. The maximum atomic E-state index is 3.79. The monoisotopic (exact) mass is 396 g/mol. The average Bonchev–Trinajstić information content (AvgIpc) is 2.33. The van der Waals surface area contributed by atoms with Gasteiger partial charge in [-0.1, -0.05) is 21.8 Å². The van der Waals surface area contributed by atoms with E-state index in [1.54, 1.807) is 5.90 Å². The number of hydrogen-bond donors (Lipinski definition) is 0. The van der Waals surface area contributed by atoms with Crippen LogP contribution < -0.4 is 0 Å². The van der Waals surface area contributed by atoms with Gasteiger partial charge < -0.3 is 0 Å². The minimum Gasteiger partial charge on any atom is -0.0966 e. The second kappa shape index (κ2) is 8.88. The van der Waals surface area contributed by atoms with Crippen molar-refractivity contribution in [2.75, 3.05) is 70.8 Å². The summed E-state index contributed by atoms with van der Waals surface area (Å²) >= 11 is 0. The van der Waals surface area contributed by atoms with Crippen LogP contribution in [0.2, 0.25) is 0 Å². The van der Waals surface area contributed by atoms with Crippen molar-refractivity contribution in [3.05, 3.63) is 0 Å². The van der Waals surface area contributed by atoms with Crippen LogP contribution >= 0.6 is 37.7 Å². The van der Waals surface area contributed by atoms with Gasteiger partial charge in [-0.3, -0.25) is 0 Å². The summed E-state index contributed by atoms with van der Waals surface area (Å²) in [7, 11) is -0.629. The van der Waals surface area contributed by atoms with Crippen LogP contribution in [0.25, 0.3) is 0 Å². The third-order valence-electron chi connectivity index (χ3n) is 4.68. The van der Waals surface area contributed by atoms with E-state index in [0.717, 1.165) is 11.8 Å². The molecular weight excluding hydrogens is 359 g/mol. The normalized spacial score (nSPS) is 35.9. The van der Waals surface area contributed by atoms with E-state index >= 15 is 0 Å². The van der Waals surface area contributed by atoms with Gasteiger partial charge in [0.2, 0.25) is 0 Å². The first-order valence-corrected chi connectivity index (χ1v) is 20.8. The molecule has 4 unspecified atom stereocenters. The Hall–Kier alpha value is 1.71. The molecule has 1 aliphatic rings. The summed E-state index contributed by atoms with van der Waals surface area (Å²) < 4.78 is 0. The van der Waals surface area contributed by atoms with E-state index in [-0.39, 0.29) is 23.5 Å². The first kappa shape index (κ1) is 21.8. The highest BCUT2D eigenvalue weighted by molar-refractivity contribution is 8.39. The van der Waals surface area contributed by atoms with Gasteiger partial charge in [0, 0.05) is 18.8 Å². The van der Waals surface area contributed by atoms with Crippen molar-refractivity contribution in [1.29, 1.82) is 0 Å². The van der Waals surface area contributed by atoms with E-state index in [2.05, 4.69) is 71.8 Å². The maximum absolute atomic E-state index is 3.79. The third-order valence-corrected chi connectivity index (χ3v) is 25.0. The molecule has 22 heavy (non-hydrogen) atoms. The Morgan fingerprint density at radius 3 is 2.09 bits per heavy atom. The van der Waals surface area contributed by atoms with Crippen molar-refractivity contribution >= 4 is 37.7 Å². The molecule has 1 aliphatic heterocycles. The van der Waals surface area contributed by atoms with Crippen LogP contribution in [-0.2, 0) is 0 Å². The summed E-state index contributed by atoms with van der Waals surface area (Å²) in [6.45, 7) is 22.0. The van der Waals surface area contributed by atoms with E-state index in [1.165, 1.54) is 18.2 Å². The van der Waals surface area contributed by atoms with Crippen LogP contribution in [0.15, 0.2) is 0 Å². The van der Waals surface area contributed by atoms with Crippen molar-refractivity contribution in [2.24, 2.45) is 11.8 Å². The summed E-state index contributed by atoms with van der Waals surface area (Å²) in [5.41, 5.74) is 7.50. The van der Waals surface area contributed by atoms with Crippen LogP contribution in [0.4, 0.5) is 0 Å². The van der Waals surface area contributed by atoms with Gasteiger partial charge in [-0.25, -0.2) is 0 Å². The highest BCUT2D eigenvalue weighted by Crippen LogP contribution is 2.81. The zero-order chi connectivity index (χ0) is 17.1. The van der Waals surface area contributed by atoms with Gasteiger partial charge >= 0.3 is 0 Å². The zero-order valence-corrected chi connectivity index (χ0v) is 20.7. The molecule has 0 fully saturated rings. The fourth-order valence-corrected chi connectivity index (χ4v) is 23.8. The summed E-state index contributed by atoms with van der Waals surface area (Å²) in [4.78, 5) is 0. The summed E-state index contributed by atoms with van der Waals surface area (Å²) in [6.07, 6.45) is 2.91. The topological polar surface area (TPSA) is 0 Å². The van der Waals surface area contributed by atoms with Gasteiger partial charge in [0.15, 0.2) is 0 Å². The van der Waals surface area contributed by atoms with Crippen LogP contribution in [0, 0.1) is 23.2 Å². The Morgan fingerprint density at radius 2 is 1.55 bits per heavy atom. The molecule has 5 heteroatoms. The summed E-state index contributed by atoms with van der Waals surface area (Å²) in [5.74, 6) is 4.69. The van der Waals surface area contributed by atoms with Gasteiger partial charge in [-0.15, -0.1) is 0 Å². The van der Waals surface area contributed by atoms with E-state index in [0.29, 0.717) is 0 Å². The number of hydrogen-bond acceptors (Lipinski definition) is 0. The largest absolute Gasteiger partial charge is 0.0966 e. The van der Waals surface area contributed by atoms with Gasteiger partial charge in [0.25, 0.3) is 0 Å². The second-order valence-corrected chi connectivity index (χ2v) is 28.2. The molecule has 0 nitrogen and oxygen atoms in total. The average molecular weight is 396 g/mol. The highest BCUT2D eigenvalue weighted by Gasteiger charge is 2.41. The highest BCUT2D eigenvalue weighted by atomic mass is 32.1. The van der Waals surface area contributed by atoms with Crippen molar-refractivity contribution in [2.45, 2.75) is 13.8 Å². The maximum Gasteiger partial charge on any atom is 0.0869 e. The van der Waals surface area contributed by atoms with Crippen LogP contribution in [-0.4, -0.2) is 70.8 Å². The van der Waals surface area contributed by atoms with Crippen molar-refractivity contribution in [1.82, 2.24) is 0 Å². The smallest absolute Gasteiger partial charge is 0.0869 e. The van der Waals surface area contributed by atoms with Gasteiger partial charge in [-0.05, 0) is 45.4 Å². The van der Waals surface area contributed by atoms with E-state index in [1.807, 2.05) is 0 Å². The Bertz CT molecular complexity index is 419. The molecule has 0 aromatic rings. The lowest BCUT2D eigenvalue weighted by atomic mass is 10.0. The lowest BCUT2D eigenvalue weighted by Gasteiger charge is -2.33. The molecule has 4 atom stereocenters. The van der Waals surface area contributed by atoms with Crippen molar-refractivity contribution < 1.29 is 0 Å². The zero-order valence-electron chi connectivity index (χ0n) is 16.2. The molecule has 0 aromatic heterocycles. The fourth-order valence-electron chi connectivity index (χ4n) is 3.01. The summed E-state index contributed by atoms with van der Waals surface area (Å²) in [6, 6.07) is 0. The lowest BCUT2D eigenvalue weighted by molar-refractivity contribution is 0.467. The van der Waals surface area contributed by atoms with Crippen LogP contribution in [0.3, 0.4) is 0 Å². The summed E-state index contributed by atoms with van der Waals surface area (Å²) in [5, 5.41) is 0. The van der Waals surface area contributed by atoms with E-state index < -0.39 is 14.2 Å². The Kier molecular flexibility index (Phi) is 8.78. The van der Waals surface area contributed by atoms with E-state index in [9.17, 15) is 0 Å². The van der Waals surface area contributed by atoms with Gasteiger partial charge in [0.05, 0.1) is 59.5 Å². The van der Waals surface area contributed by atoms with Crippen LogP contribution in [0.1, 0.15) is 13.8 Å². The fraction of sp³-hybridized carbons (Fsp3) is 0.882. The quantitative estimate of drug-likeness (QED) is 0.334. The predicted molar refractivity (Wildman–Crippen MR) is 122 cm³/mol. The molecule has 0 aliphatic carbocycles. The molecule has 0 spiro atoms. The standard InChI is InChI=1S/C17H37P5/c1-16(2)17-12-21(6,7)11-10-18(3)14-19(4)15-20(5)22(8,9)13-17/h16-17H,12-15H2,1-9H3/q+2.